The lowest BCUT2D eigenvalue weighted by molar-refractivity contribution is -0.116. The average Bonchev–Trinajstić information content (AvgIpc) is 2.82. The molecule has 2 N–H and O–H groups in total. The third-order valence-electron chi connectivity index (χ3n) is 5.27. The van der Waals surface area contributed by atoms with E-state index < -0.39 is 5.97 Å². The Morgan fingerprint density at radius 3 is 2.30 bits per heavy atom. The SMILES string of the molecule is O=C(CCc1ccc(OCCCCCc2ccccc2)cc1)Nc1ccc(Cl)c(C(=O)O)c1. The molecule has 0 aliphatic rings. The molecule has 0 bridgehead atoms. The summed E-state index contributed by atoms with van der Waals surface area (Å²) < 4.78 is 5.82. The zero-order valence-corrected chi connectivity index (χ0v) is 19.2. The lowest BCUT2D eigenvalue weighted by Crippen LogP contribution is -2.13. The van der Waals surface area contributed by atoms with Gasteiger partial charge in [0.1, 0.15) is 5.75 Å². The summed E-state index contributed by atoms with van der Waals surface area (Å²) in [6.07, 6.45) is 5.26. The Kier molecular flexibility index (Phi) is 9.33. The van der Waals surface area contributed by atoms with Gasteiger partial charge in [-0.05, 0) is 73.6 Å². The van der Waals surface area contributed by atoms with E-state index in [1.807, 2.05) is 30.3 Å². The van der Waals surface area contributed by atoms with Crippen LogP contribution in [0, 0.1) is 0 Å². The van der Waals surface area contributed by atoms with Crippen LogP contribution in [0.5, 0.6) is 5.75 Å². The van der Waals surface area contributed by atoms with E-state index in [1.165, 1.54) is 17.7 Å². The van der Waals surface area contributed by atoms with Crippen molar-refractivity contribution < 1.29 is 19.4 Å². The molecule has 0 aromatic heterocycles. The number of aryl methyl sites for hydroxylation is 2. The third-order valence-corrected chi connectivity index (χ3v) is 5.60. The van der Waals surface area contributed by atoms with Gasteiger partial charge in [0.25, 0.3) is 0 Å². The van der Waals surface area contributed by atoms with Gasteiger partial charge in [0.2, 0.25) is 5.91 Å². The van der Waals surface area contributed by atoms with Crippen molar-refractivity contribution in [1.82, 2.24) is 0 Å². The van der Waals surface area contributed by atoms with E-state index >= 15 is 0 Å². The molecule has 0 aliphatic heterocycles. The van der Waals surface area contributed by atoms with Crippen molar-refractivity contribution in [2.45, 2.75) is 38.5 Å². The molecular weight excluding hydrogens is 438 g/mol. The summed E-state index contributed by atoms with van der Waals surface area (Å²) in [7, 11) is 0. The van der Waals surface area contributed by atoms with Crippen LogP contribution < -0.4 is 10.1 Å². The first-order valence-electron chi connectivity index (χ1n) is 11.1. The number of carboxylic acid groups (broad SMARTS) is 1. The summed E-state index contributed by atoms with van der Waals surface area (Å²) in [6, 6.07) is 22.7. The second-order valence-corrected chi connectivity index (χ2v) is 8.24. The van der Waals surface area contributed by atoms with Gasteiger partial charge in [0.05, 0.1) is 17.2 Å². The molecule has 0 radical (unpaired) electrons. The molecule has 0 saturated heterocycles. The van der Waals surface area contributed by atoms with Gasteiger partial charge in [-0.25, -0.2) is 4.79 Å². The first-order chi connectivity index (χ1) is 16.0. The number of anilines is 1. The number of nitrogens with one attached hydrogen (secondary N) is 1. The van der Waals surface area contributed by atoms with Gasteiger partial charge in [-0.2, -0.15) is 0 Å². The molecule has 5 nitrogen and oxygen atoms in total. The standard InChI is InChI=1S/C27H28ClNO4/c28-25-16-13-22(19-24(25)27(31)32)29-26(30)17-12-21-10-14-23(15-11-21)33-18-6-2-5-9-20-7-3-1-4-8-20/h1,3-4,7-8,10-11,13-16,19H,2,5-6,9,12,17-18H2,(H,29,30)(H,31,32). The predicted molar refractivity (Wildman–Crippen MR) is 131 cm³/mol. The van der Waals surface area contributed by atoms with Crippen LogP contribution in [-0.2, 0) is 17.6 Å². The van der Waals surface area contributed by atoms with Crippen LogP contribution in [0.3, 0.4) is 0 Å². The Hall–Kier alpha value is -3.31. The molecule has 0 fully saturated rings. The lowest BCUT2D eigenvalue weighted by Gasteiger charge is -2.09. The number of hydrogen-bond donors (Lipinski definition) is 2. The minimum atomic E-state index is -1.13. The molecule has 0 unspecified atom stereocenters. The maximum atomic E-state index is 12.2. The number of carboxylic acids is 1. The number of benzene rings is 3. The number of amides is 1. The second kappa shape index (κ2) is 12.7. The summed E-state index contributed by atoms with van der Waals surface area (Å²) in [6.45, 7) is 0.690. The molecule has 3 aromatic rings. The molecule has 0 spiro atoms. The largest absolute Gasteiger partial charge is 0.494 e. The van der Waals surface area contributed by atoms with Gasteiger partial charge in [0.15, 0.2) is 0 Å². The Balaban J connectivity index is 1.34. The number of carbonyl (C=O) groups is 2. The molecule has 6 heteroatoms. The Labute approximate surface area is 199 Å². The minimum Gasteiger partial charge on any atom is -0.494 e. The normalized spacial score (nSPS) is 10.6. The van der Waals surface area contributed by atoms with Crippen molar-refractivity contribution in [1.29, 1.82) is 0 Å². The van der Waals surface area contributed by atoms with Crippen LogP contribution in [-0.4, -0.2) is 23.6 Å². The molecule has 0 heterocycles. The summed E-state index contributed by atoms with van der Waals surface area (Å²) in [5.41, 5.74) is 2.78. The van der Waals surface area contributed by atoms with Crippen LogP contribution in [0.2, 0.25) is 5.02 Å². The fourth-order valence-corrected chi connectivity index (χ4v) is 3.64. The predicted octanol–water partition coefficient (Wildman–Crippen LogP) is 6.40. The molecule has 33 heavy (non-hydrogen) atoms. The monoisotopic (exact) mass is 465 g/mol. The zero-order chi connectivity index (χ0) is 23.5. The fourth-order valence-electron chi connectivity index (χ4n) is 3.44. The van der Waals surface area contributed by atoms with Crippen molar-refractivity contribution in [3.63, 3.8) is 0 Å². The first-order valence-corrected chi connectivity index (χ1v) is 11.5. The number of ether oxygens (including phenoxy) is 1. The van der Waals surface area contributed by atoms with E-state index in [1.54, 1.807) is 6.07 Å². The molecule has 0 atom stereocenters. The van der Waals surface area contributed by atoms with E-state index in [9.17, 15) is 9.59 Å². The number of carbonyl (C=O) groups excluding carboxylic acids is 1. The average molecular weight is 466 g/mol. The van der Waals surface area contributed by atoms with Gasteiger partial charge < -0.3 is 15.2 Å². The highest BCUT2D eigenvalue weighted by molar-refractivity contribution is 6.33. The first kappa shape index (κ1) is 24.3. The second-order valence-electron chi connectivity index (χ2n) is 7.84. The van der Waals surface area contributed by atoms with E-state index in [2.05, 4.69) is 29.6 Å². The Bertz CT molecular complexity index is 1050. The van der Waals surface area contributed by atoms with Crippen molar-refractivity contribution in [2.75, 3.05) is 11.9 Å². The van der Waals surface area contributed by atoms with Crippen molar-refractivity contribution >= 4 is 29.2 Å². The van der Waals surface area contributed by atoms with Gasteiger partial charge in [-0.3, -0.25) is 4.79 Å². The van der Waals surface area contributed by atoms with Crippen LogP contribution in [0.4, 0.5) is 5.69 Å². The third kappa shape index (κ3) is 8.28. The van der Waals surface area contributed by atoms with Gasteiger partial charge in [0, 0.05) is 12.1 Å². The number of rotatable bonds is 12. The topological polar surface area (TPSA) is 75.6 Å². The van der Waals surface area contributed by atoms with Crippen molar-refractivity contribution in [3.05, 3.63) is 94.5 Å². The Morgan fingerprint density at radius 2 is 1.58 bits per heavy atom. The number of aromatic carboxylic acids is 1. The van der Waals surface area contributed by atoms with Crippen molar-refractivity contribution in [3.8, 4) is 5.75 Å². The molecule has 3 aromatic carbocycles. The van der Waals surface area contributed by atoms with E-state index in [-0.39, 0.29) is 22.9 Å². The lowest BCUT2D eigenvalue weighted by atomic mass is 10.1. The minimum absolute atomic E-state index is 0.0405. The van der Waals surface area contributed by atoms with Crippen molar-refractivity contribution in [2.24, 2.45) is 0 Å². The molecule has 0 saturated carbocycles. The summed E-state index contributed by atoms with van der Waals surface area (Å²) >= 11 is 5.86. The van der Waals surface area contributed by atoms with E-state index in [4.69, 9.17) is 21.4 Å². The highest BCUT2D eigenvalue weighted by Gasteiger charge is 2.11. The molecule has 0 aliphatic carbocycles. The summed E-state index contributed by atoms with van der Waals surface area (Å²) in [5, 5.41) is 12.0. The van der Waals surface area contributed by atoms with E-state index in [0.717, 1.165) is 37.0 Å². The Morgan fingerprint density at radius 1 is 0.848 bits per heavy atom. The smallest absolute Gasteiger partial charge is 0.337 e. The number of unbranched alkanes of at least 4 members (excludes halogenated alkanes) is 2. The maximum absolute atomic E-state index is 12.2. The van der Waals surface area contributed by atoms with Crippen LogP contribution >= 0.6 is 11.6 Å². The van der Waals surface area contributed by atoms with Gasteiger partial charge >= 0.3 is 5.97 Å². The fraction of sp³-hybridized carbons (Fsp3) is 0.259. The highest BCUT2D eigenvalue weighted by Crippen LogP contribution is 2.21. The maximum Gasteiger partial charge on any atom is 0.337 e. The molecule has 3 rings (SSSR count). The van der Waals surface area contributed by atoms with Crippen LogP contribution in [0.1, 0.15) is 47.2 Å². The quantitative estimate of drug-likeness (QED) is 0.303. The van der Waals surface area contributed by atoms with Crippen LogP contribution in [0.25, 0.3) is 0 Å². The molecular formula is C27H28ClNO4. The van der Waals surface area contributed by atoms with Crippen LogP contribution in [0.15, 0.2) is 72.8 Å². The molecule has 1 amide bonds. The van der Waals surface area contributed by atoms with Gasteiger partial charge in [-0.15, -0.1) is 0 Å². The summed E-state index contributed by atoms with van der Waals surface area (Å²) in [4.78, 5) is 23.4. The number of halogens is 1. The number of hydrogen-bond acceptors (Lipinski definition) is 3. The van der Waals surface area contributed by atoms with E-state index in [0.29, 0.717) is 18.7 Å². The zero-order valence-electron chi connectivity index (χ0n) is 18.4. The van der Waals surface area contributed by atoms with Gasteiger partial charge in [-0.1, -0.05) is 54.1 Å². The summed E-state index contributed by atoms with van der Waals surface area (Å²) in [5.74, 6) is -0.497. The highest BCUT2D eigenvalue weighted by atomic mass is 35.5. The molecule has 172 valence electrons.